The van der Waals surface area contributed by atoms with Crippen LogP contribution in [0.5, 0.6) is 5.75 Å². The van der Waals surface area contributed by atoms with Crippen molar-refractivity contribution in [1.82, 2.24) is 0 Å². The summed E-state index contributed by atoms with van der Waals surface area (Å²) in [5.41, 5.74) is 6.56. The fraction of sp³-hybridized carbons (Fsp3) is 0.500. The van der Waals surface area contributed by atoms with E-state index in [2.05, 4.69) is 101 Å². The van der Waals surface area contributed by atoms with Gasteiger partial charge in [-0.05, 0) is 77.6 Å². The molecule has 228 valence electrons. The van der Waals surface area contributed by atoms with Crippen LogP contribution in [0.1, 0.15) is 127 Å². The van der Waals surface area contributed by atoms with Gasteiger partial charge in [-0.15, -0.1) is 0 Å². The molecule has 0 bridgehead atoms. The Morgan fingerprint density at radius 3 is 1.88 bits per heavy atom. The highest BCUT2D eigenvalue weighted by molar-refractivity contribution is 6.02. The Hall–Kier alpha value is -3.27. The number of unbranched alkanes of at least 4 members (excludes halogenated alkanes) is 6. The molecule has 0 heterocycles. The molecule has 0 unspecified atom stereocenters. The Morgan fingerprint density at radius 2 is 1.29 bits per heavy atom. The fourth-order valence-corrected chi connectivity index (χ4v) is 5.31. The molecule has 42 heavy (non-hydrogen) atoms. The van der Waals surface area contributed by atoms with Crippen molar-refractivity contribution in [2.24, 2.45) is 0 Å². The molecule has 3 aromatic carbocycles. The van der Waals surface area contributed by atoms with Crippen LogP contribution in [0.4, 0.5) is 16.2 Å². The van der Waals surface area contributed by atoms with Crippen molar-refractivity contribution < 1.29 is 9.53 Å². The second-order valence-electron chi connectivity index (χ2n) is 12.2. The van der Waals surface area contributed by atoms with Crippen LogP contribution in [0.25, 0.3) is 0 Å². The number of carbonyl (C=O) groups excluding carboxylic acids is 1. The lowest BCUT2D eigenvalue weighted by Crippen LogP contribution is -2.35. The Bertz CT molecular complexity index is 1170. The molecule has 2 amide bonds. The van der Waals surface area contributed by atoms with Crippen molar-refractivity contribution in [2.75, 3.05) is 16.8 Å². The number of urea groups is 1. The fourth-order valence-electron chi connectivity index (χ4n) is 5.31. The maximum absolute atomic E-state index is 14.1. The SMILES string of the molecule is CCCCCCCCc1ccc(N(Cc2ccc(OCCCC)cc2)C(=O)Nc2c(C(C)C)cccc2C(C)C)cc1. The Kier molecular flexibility index (Phi) is 14.0. The quantitative estimate of drug-likeness (QED) is 0.164. The number of amides is 2. The van der Waals surface area contributed by atoms with E-state index in [4.69, 9.17) is 4.74 Å². The number of benzene rings is 3. The number of nitrogens with one attached hydrogen (secondary N) is 1. The summed E-state index contributed by atoms with van der Waals surface area (Å²) in [5, 5.41) is 3.34. The average molecular weight is 571 g/mol. The van der Waals surface area contributed by atoms with Gasteiger partial charge in [-0.2, -0.15) is 0 Å². The molecular weight excluding hydrogens is 516 g/mol. The molecule has 0 spiro atoms. The molecule has 0 atom stereocenters. The van der Waals surface area contributed by atoms with Crippen LogP contribution in [-0.4, -0.2) is 12.6 Å². The Balaban J connectivity index is 1.83. The minimum atomic E-state index is -0.114. The van der Waals surface area contributed by atoms with E-state index in [9.17, 15) is 4.79 Å². The van der Waals surface area contributed by atoms with E-state index in [0.29, 0.717) is 18.4 Å². The number of ether oxygens (including phenoxy) is 1. The molecule has 3 aromatic rings. The summed E-state index contributed by atoms with van der Waals surface area (Å²) in [6.07, 6.45) is 11.0. The van der Waals surface area contributed by atoms with E-state index >= 15 is 0 Å². The zero-order valence-electron chi connectivity index (χ0n) is 27.0. The van der Waals surface area contributed by atoms with Crippen LogP contribution in [0.15, 0.2) is 66.7 Å². The predicted octanol–water partition coefficient (Wildman–Crippen LogP) is 11.3. The number of anilines is 2. The van der Waals surface area contributed by atoms with Gasteiger partial charge in [-0.25, -0.2) is 4.79 Å². The highest BCUT2D eigenvalue weighted by Crippen LogP contribution is 2.33. The van der Waals surface area contributed by atoms with E-state index in [1.807, 2.05) is 17.0 Å². The monoisotopic (exact) mass is 570 g/mol. The molecule has 0 fully saturated rings. The van der Waals surface area contributed by atoms with Gasteiger partial charge in [-0.1, -0.05) is 123 Å². The van der Waals surface area contributed by atoms with Crippen LogP contribution in [0.3, 0.4) is 0 Å². The van der Waals surface area contributed by atoms with Crippen molar-refractivity contribution in [2.45, 2.75) is 118 Å². The van der Waals surface area contributed by atoms with Gasteiger partial charge in [0.25, 0.3) is 0 Å². The number of nitrogens with zero attached hydrogens (tertiary/aromatic N) is 1. The van der Waals surface area contributed by atoms with Gasteiger partial charge < -0.3 is 10.1 Å². The van der Waals surface area contributed by atoms with Crippen LogP contribution < -0.4 is 15.0 Å². The molecular formula is C38H54N2O2. The number of carbonyl (C=O) groups is 1. The summed E-state index contributed by atoms with van der Waals surface area (Å²) in [4.78, 5) is 15.9. The molecule has 4 nitrogen and oxygen atoms in total. The summed E-state index contributed by atoms with van der Waals surface area (Å²) in [6, 6.07) is 23.0. The summed E-state index contributed by atoms with van der Waals surface area (Å²) in [5.74, 6) is 1.47. The molecule has 0 aromatic heterocycles. The second-order valence-corrected chi connectivity index (χ2v) is 12.2. The molecule has 0 aliphatic rings. The van der Waals surface area contributed by atoms with E-state index < -0.39 is 0 Å². The number of rotatable bonds is 17. The van der Waals surface area contributed by atoms with Crippen LogP contribution >= 0.6 is 0 Å². The van der Waals surface area contributed by atoms with E-state index in [-0.39, 0.29) is 6.03 Å². The Labute approximate surface area is 255 Å². The zero-order chi connectivity index (χ0) is 30.3. The van der Waals surface area contributed by atoms with Crippen LogP contribution in [0.2, 0.25) is 0 Å². The Morgan fingerprint density at radius 1 is 0.714 bits per heavy atom. The highest BCUT2D eigenvalue weighted by Gasteiger charge is 2.21. The van der Waals surface area contributed by atoms with Crippen LogP contribution in [0, 0.1) is 0 Å². The first-order valence-electron chi connectivity index (χ1n) is 16.4. The number of para-hydroxylation sites is 1. The van der Waals surface area contributed by atoms with Gasteiger partial charge in [0.2, 0.25) is 0 Å². The standard InChI is InChI=1S/C38H54N2O2/c1-7-9-11-12-13-14-16-31-19-23-33(24-20-31)40(28-32-21-25-34(26-22-32)42-27-10-8-2)38(41)39-37-35(29(3)4)17-15-18-36(37)30(5)6/h15,17-26,29-30H,7-14,16,27-28H2,1-6H3,(H,39,41). The van der Waals surface area contributed by atoms with Crippen molar-refractivity contribution in [1.29, 1.82) is 0 Å². The molecule has 3 rings (SSSR count). The topological polar surface area (TPSA) is 41.6 Å². The van der Waals surface area contributed by atoms with E-state index in [1.165, 1.54) is 44.1 Å². The second kappa shape index (κ2) is 17.6. The number of aryl methyl sites for hydroxylation is 1. The van der Waals surface area contributed by atoms with Crippen molar-refractivity contribution in [3.8, 4) is 5.75 Å². The maximum atomic E-state index is 14.1. The molecule has 0 saturated heterocycles. The zero-order valence-corrected chi connectivity index (χ0v) is 27.0. The largest absolute Gasteiger partial charge is 0.494 e. The number of hydrogen-bond donors (Lipinski definition) is 1. The summed E-state index contributed by atoms with van der Waals surface area (Å²) in [6.45, 7) is 14.3. The van der Waals surface area contributed by atoms with Crippen LogP contribution in [-0.2, 0) is 13.0 Å². The minimum Gasteiger partial charge on any atom is -0.494 e. The molecule has 0 aliphatic carbocycles. The third-order valence-electron chi connectivity index (χ3n) is 7.95. The molecule has 4 heteroatoms. The lowest BCUT2D eigenvalue weighted by atomic mass is 9.93. The van der Waals surface area contributed by atoms with Gasteiger partial charge in [0.15, 0.2) is 0 Å². The lowest BCUT2D eigenvalue weighted by molar-refractivity contribution is 0.256. The smallest absolute Gasteiger partial charge is 0.326 e. The summed E-state index contributed by atoms with van der Waals surface area (Å²) < 4.78 is 5.87. The van der Waals surface area contributed by atoms with E-state index in [1.54, 1.807) is 0 Å². The van der Waals surface area contributed by atoms with E-state index in [0.717, 1.165) is 59.7 Å². The van der Waals surface area contributed by atoms with Gasteiger partial charge >= 0.3 is 6.03 Å². The lowest BCUT2D eigenvalue weighted by Gasteiger charge is -2.27. The molecule has 0 radical (unpaired) electrons. The number of hydrogen-bond acceptors (Lipinski definition) is 2. The van der Waals surface area contributed by atoms with Gasteiger partial charge in [-0.3, -0.25) is 4.90 Å². The van der Waals surface area contributed by atoms with Crippen molar-refractivity contribution in [3.63, 3.8) is 0 Å². The predicted molar refractivity (Wildman–Crippen MR) is 180 cm³/mol. The molecule has 0 aliphatic heterocycles. The highest BCUT2D eigenvalue weighted by atomic mass is 16.5. The summed E-state index contributed by atoms with van der Waals surface area (Å²) >= 11 is 0. The molecule has 0 saturated carbocycles. The van der Waals surface area contributed by atoms with Gasteiger partial charge in [0.1, 0.15) is 5.75 Å². The average Bonchev–Trinajstić information content (AvgIpc) is 2.98. The molecule has 1 N–H and O–H groups in total. The minimum absolute atomic E-state index is 0.114. The first kappa shape index (κ1) is 33.2. The normalized spacial score (nSPS) is 11.2. The summed E-state index contributed by atoms with van der Waals surface area (Å²) in [7, 11) is 0. The van der Waals surface area contributed by atoms with Crippen molar-refractivity contribution in [3.05, 3.63) is 89.0 Å². The first-order chi connectivity index (χ1) is 20.3. The maximum Gasteiger partial charge on any atom is 0.326 e. The van der Waals surface area contributed by atoms with Gasteiger partial charge in [0, 0.05) is 11.4 Å². The third kappa shape index (κ3) is 10.2. The van der Waals surface area contributed by atoms with Crippen molar-refractivity contribution >= 4 is 17.4 Å². The third-order valence-corrected chi connectivity index (χ3v) is 7.95. The first-order valence-corrected chi connectivity index (χ1v) is 16.4. The van der Waals surface area contributed by atoms with Gasteiger partial charge in [0.05, 0.1) is 13.2 Å².